The molecule has 2 N–H and O–H groups in total. The molecule has 3 atom stereocenters. The first kappa shape index (κ1) is 6.16. The monoisotopic (exact) mass is 142 g/mol. The van der Waals surface area contributed by atoms with Gasteiger partial charge in [0.1, 0.15) is 0 Å². The second-order valence-corrected chi connectivity index (χ2v) is 3.41. The predicted octanol–water partition coefficient (Wildman–Crippen LogP) is 0.0895. The molecule has 0 aromatic rings. The normalized spacial score (nSPS) is 49.3. The summed E-state index contributed by atoms with van der Waals surface area (Å²) in [7, 11) is 0. The molecule has 0 heterocycles. The van der Waals surface area contributed by atoms with Crippen LogP contribution in [0.1, 0.15) is 12.8 Å². The van der Waals surface area contributed by atoms with Gasteiger partial charge in [-0.3, -0.25) is 4.79 Å². The van der Waals surface area contributed by atoms with Gasteiger partial charge in [0.05, 0.1) is 5.92 Å². The van der Waals surface area contributed by atoms with E-state index in [9.17, 15) is 4.79 Å². The molecule has 0 aromatic carbocycles. The average molecular weight is 142 g/mol. The molecular formula is C7H10O3. The molecule has 0 amide bonds. The Morgan fingerprint density at radius 3 is 2.60 bits per heavy atom. The minimum absolute atomic E-state index is 0.0561. The average Bonchev–Trinajstić information content (AvgIpc) is 2.73. The first-order valence-electron chi connectivity index (χ1n) is 3.54. The van der Waals surface area contributed by atoms with Crippen molar-refractivity contribution in [3.8, 4) is 0 Å². The van der Waals surface area contributed by atoms with Crippen LogP contribution in [0.15, 0.2) is 0 Å². The Bertz CT molecular complexity index is 189. The maximum atomic E-state index is 10.4. The first-order chi connectivity index (χ1) is 4.70. The van der Waals surface area contributed by atoms with Crippen LogP contribution in [0.5, 0.6) is 0 Å². The summed E-state index contributed by atoms with van der Waals surface area (Å²) in [6.07, 6.45) is 1.73. The van der Waals surface area contributed by atoms with E-state index in [0.29, 0.717) is 5.92 Å². The number of rotatable bonds is 2. The van der Waals surface area contributed by atoms with E-state index in [4.69, 9.17) is 10.2 Å². The molecule has 0 aromatic heterocycles. The molecule has 10 heavy (non-hydrogen) atoms. The first-order valence-corrected chi connectivity index (χ1v) is 3.54. The molecule has 0 saturated heterocycles. The zero-order chi connectivity index (χ0) is 7.35. The van der Waals surface area contributed by atoms with Crippen LogP contribution in [-0.2, 0) is 4.79 Å². The number of aliphatic hydroxyl groups is 1. The smallest absolute Gasteiger partial charge is 0.307 e. The lowest BCUT2D eigenvalue weighted by atomic mass is 10.2. The molecule has 3 heteroatoms. The molecule has 2 rings (SSSR count). The number of aliphatic carboxylic acids is 1. The maximum Gasteiger partial charge on any atom is 0.307 e. The molecule has 2 saturated carbocycles. The highest BCUT2D eigenvalue weighted by molar-refractivity contribution is 5.76. The zero-order valence-corrected chi connectivity index (χ0v) is 5.58. The van der Waals surface area contributed by atoms with E-state index in [-0.39, 0.29) is 17.9 Å². The van der Waals surface area contributed by atoms with Gasteiger partial charge in [-0.05, 0) is 24.2 Å². The number of carboxylic acid groups (broad SMARTS) is 1. The lowest BCUT2D eigenvalue weighted by Crippen LogP contribution is -2.01. The Morgan fingerprint density at radius 2 is 2.30 bits per heavy atom. The van der Waals surface area contributed by atoms with Gasteiger partial charge < -0.3 is 10.2 Å². The highest BCUT2D eigenvalue weighted by Crippen LogP contribution is 2.74. The Kier molecular flexibility index (Phi) is 0.944. The number of hydrogen-bond acceptors (Lipinski definition) is 2. The topological polar surface area (TPSA) is 57.5 Å². The molecule has 0 bridgehead atoms. The zero-order valence-electron chi connectivity index (χ0n) is 5.58. The fourth-order valence-corrected chi connectivity index (χ4v) is 1.98. The molecule has 0 aliphatic heterocycles. The summed E-state index contributed by atoms with van der Waals surface area (Å²) in [5.41, 5.74) is 0.0561. The third kappa shape index (κ3) is 0.560. The van der Waals surface area contributed by atoms with Gasteiger partial charge in [0.15, 0.2) is 0 Å². The molecule has 1 spiro atoms. The standard InChI is InChI=1S/C7H10O3/c8-3-4-1-7(4)2-5(7)6(9)10/h4-5,8H,1-3H2,(H,9,10)/t4?,5-,7-/m1/s1. The molecule has 2 aliphatic rings. The minimum Gasteiger partial charge on any atom is -0.481 e. The van der Waals surface area contributed by atoms with Crippen LogP contribution < -0.4 is 0 Å². The van der Waals surface area contributed by atoms with Crippen LogP contribution in [0.25, 0.3) is 0 Å². The summed E-state index contributed by atoms with van der Waals surface area (Å²) in [6, 6.07) is 0. The highest BCUT2D eigenvalue weighted by atomic mass is 16.4. The highest BCUT2D eigenvalue weighted by Gasteiger charge is 2.72. The summed E-state index contributed by atoms with van der Waals surface area (Å²) in [5, 5.41) is 17.2. The Morgan fingerprint density at radius 1 is 1.60 bits per heavy atom. The van der Waals surface area contributed by atoms with Crippen molar-refractivity contribution in [1.29, 1.82) is 0 Å². The van der Waals surface area contributed by atoms with Crippen LogP contribution in [-0.4, -0.2) is 22.8 Å². The Hall–Kier alpha value is -0.570. The van der Waals surface area contributed by atoms with Gasteiger partial charge >= 0.3 is 5.97 Å². The molecule has 1 unspecified atom stereocenters. The van der Waals surface area contributed by atoms with Crippen molar-refractivity contribution in [2.45, 2.75) is 12.8 Å². The van der Waals surface area contributed by atoms with Crippen LogP contribution in [0.3, 0.4) is 0 Å². The van der Waals surface area contributed by atoms with Crippen molar-refractivity contribution in [3.63, 3.8) is 0 Å². The Balaban J connectivity index is 1.97. The van der Waals surface area contributed by atoms with Gasteiger partial charge in [0, 0.05) is 6.61 Å². The summed E-state index contributed by atoms with van der Waals surface area (Å²) >= 11 is 0. The van der Waals surface area contributed by atoms with Crippen LogP contribution in [0, 0.1) is 17.3 Å². The van der Waals surface area contributed by atoms with Crippen molar-refractivity contribution >= 4 is 5.97 Å². The second kappa shape index (κ2) is 1.53. The minimum atomic E-state index is -0.684. The largest absolute Gasteiger partial charge is 0.481 e. The third-order valence-corrected chi connectivity index (χ3v) is 2.92. The van der Waals surface area contributed by atoms with Gasteiger partial charge in [-0.2, -0.15) is 0 Å². The van der Waals surface area contributed by atoms with E-state index >= 15 is 0 Å². The summed E-state index contributed by atoms with van der Waals surface area (Å²) in [5.74, 6) is -0.519. The van der Waals surface area contributed by atoms with E-state index < -0.39 is 5.97 Å². The SMILES string of the molecule is O=C(O)[C@H]1C[C@@]12CC2CO. The van der Waals surface area contributed by atoms with Crippen LogP contribution >= 0.6 is 0 Å². The van der Waals surface area contributed by atoms with Gasteiger partial charge in [-0.15, -0.1) is 0 Å². The predicted molar refractivity (Wildman–Crippen MR) is 33.4 cm³/mol. The number of aliphatic hydroxyl groups excluding tert-OH is 1. The lowest BCUT2D eigenvalue weighted by Gasteiger charge is -1.88. The molecular weight excluding hydrogens is 132 g/mol. The molecule has 56 valence electrons. The van der Waals surface area contributed by atoms with Crippen molar-refractivity contribution in [1.82, 2.24) is 0 Å². The summed E-state index contributed by atoms with van der Waals surface area (Å²) in [6.45, 7) is 0.170. The summed E-state index contributed by atoms with van der Waals surface area (Å²) in [4.78, 5) is 10.4. The van der Waals surface area contributed by atoms with Gasteiger partial charge in [0.2, 0.25) is 0 Å². The van der Waals surface area contributed by atoms with E-state index in [0.717, 1.165) is 12.8 Å². The molecule has 3 nitrogen and oxygen atoms in total. The van der Waals surface area contributed by atoms with E-state index in [2.05, 4.69) is 0 Å². The van der Waals surface area contributed by atoms with Crippen molar-refractivity contribution in [3.05, 3.63) is 0 Å². The maximum absolute atomic E-state index is 10.4. The lowest BCUT2D eigenvalue weighted by molar-refractivity contribution is -0.139. The molecule has 2 aliphatic carbocycles. The van der Waals surface area contributed by atoms with E-state index in [1.807, 2.05) is 0 Å². The van der Waals surface area contributed by atoms with Crippen molar-refractivity contribution in [2.75, 3.05) is 6.61 Å². The quantitative estimate of drug-likeness (QED) is 0.574. The van der Waals surface area contributed by atoms with Crippen LogP contribution in [0.2, 0.25) is 0 Å². The number of carbonyl (C=O) groups is 1. The fraction of sp³-hybridized carbons (Fsp3) is 0.857. The van der Waals surface area contributed by atoms with Gasteiger partial charge in [-0.25, -0.2) is 0 Å². The van der Waals surface area contributed by atoms with E-state index in [1.54, 1.807) is 0 Å². The van der Waals surface area contributed by atoms with Crippen molar-refractivity contribution < 1.29 is 15.0 Å². The van der Waals surface area contributed by atoms with E-state index in [1.165, 1.54) is 0 Å². The van der Waals surface area contributed by atoms with Gasteiger partial charge in [0.25, 0.3) is 0 Å². The molecule has 0 radical (unpaired) electrons. The molecule has 2 fully saturated rings. The van der Waals surface area contributed by atoms with Crippen molar-refractivity contribution in [2.24, 2.45) is 17.3 Å². The van der Waals surface area contributed by atoms with Gasteiger partial charge in [-0.1, -0.05) is 0 Å². The Labute approximate surface area is 58.7 Å². The van der Waals surface area contributed by atoms with Crippen LogP contribution in [0.4, 0.5) is 0 Å². The summed E-state index contributed by atoms with van der Waals surface area (Å²) < 4.78 is 0. The number of hydrogen-bond donors (Lipinski definition) is 2. The fourth-order valence-electron chi connectivity index (χ4n) is 1.98. The number of carboxylic acids is 1. The third-order valence-electron chi connectivity index (χ3n) is 2.92. The second-order valence-electron chi connectivity index (χ2n) is 3.41.